The van der Waals surface area contributed by atoms with E-state index in [-0.39, 0.29) is 19.6 Å². The molecule has 3 aromatic carbocycles. The minimum atomic E-state index is -3.81. The largest absolute Gasteiger partial charge is 0.380 e. The summed E-state index contributed by atoms with van der Waals surface area (Å²) in [4.78, 5) is 0. The molecule has 0 aromatic heterocycles. The first kappa shape index (κ1) is 21.0. The first-order chi connectivity index (χ1) is 14.2. The molecule has 29 heavy (non-hydrogen) atoms. The zero-order valence-electron chi connectivity index (χ0n) is 16.0. The standard InChI is InChI=1S/C24H23O4P/c25-24(18-10-17-21-11-4-1-5-12-21)29(26,27-19-22-13-6-2-7-14-22)28-20-23-15-8-3-9-16-23/h1-9,11-16,24-25H,18-20H2. The number of benzene rings is 3. The van der Waals surface area contributed by atoms with Crippen molar-refractivity contribution in [3.05, 3.63) is 108 Å². The normalized spacial score (nSPS) is 12.0. The Hall–Kier alpha value is -2.67. The lowest BCUT2D eigenvalue weighted by molar-refractivity contribution is 0.134. The van der Waals surface area contributed by atoms with Crippen molar-refractivity contribution < 1.29 is 18.7 Å². The van der Waals surface area contributed by atoms with Gasteiger partial charge in [0.25, 0.3) is 0 Å². The summed E-state index contributed by atoms with van der Waals surface area (Å²) < 4.78 is 24.6. The zero-order valence-corrected chi connectivity index (χ0v) is 16.9. The van der Waals surface area contributed by atoms with Crippen LogP contribution in [0.25, 0.3) is 0 Å². The van der Waals surface area contributed by atoms with E-state index in [1.54, 1.807) is 0 Å². The van der Waals surface area contributed by atoms with E-state index in [1.807, 2.05) is 91.0 Å². The van der Waals surface area contributed by atoms with Crippen LogP contribution >= 0.6 is 7.60 Å². The van der Waals surface area contributed by atoms with E-state index in [0.717, 1.165) is 16.7 Å². The van der Waals surface area contributed by atoms with Crippen LogP contribution in [-0.4, -0.2) is 11.0 Å². The Balaban J connectivity index is 1.69. The maximum atomic E-state index is 13.3. The summed E-state index contributed by atoms with van der Waals surface area (Å²) in [7, 11) is -3.81. The van der Waals surface area contributed by atoms with Crippen molar-refractivity contribution in [2.45, 2.75) is 25.5 Å². The van der Waals surface area contributed by atoms with Gasteiger partial charge in [-0.25, -0.2) is 0 Å². The second-order valence-electron chi connectivity index (χ2n) is 6.41. The highest BCUT2D eigenvalue weighted by Gasteiger charge is 2.34. The van der Waals surface area contributed by atoms with Crippen LogP contribution in [-0.2, 0) is 26.8 Å². The summed E-state index contributed by atoms with van der Waals surface area (Å²) in [6, 6.07) is 28.1. The molecule has 3 rings (SSSR count). The Morgan fingerprint density at radius 3 is 1.69 bits per heavy atom. The summed E-state index contributed by atoms with van der Waals surface area (Å²) in [5.74, 6) is 4.48. The lowest BCUT2D eigenvalue weighted by atomic mass is 10.2. The van der Waals surface area contributed by atoms with Crippen LogP contribution in [0.2, 0.25) is 0 Å². The topological polar surface area (TPSA) is 55.8 Å². The lowest BCUT2D eigenvalue weighted by Crippen LogP contribution is -2.12. The third kappa shape index (κ3) is 6.71. The van der Waals surface area contributed by atoms with Crippen LogP contribution in [0.3, 0.4) is 0 Å². The van der Waals surface area contributed by atoms with Crippen molar-refractivity contribution >= 4 is 7.60 Å². The Labute approximate surface area is 171 Å². The number of aliphatic hydroxyl groups is 1. The monoisotopic (exact) mass is 406 g/mol. The molecule has 0 saturated heterocycles. The number of rotatable bonds is 8. The van der Waals surface area contributed by atoms with Gasteiger partial charge in [0.05, 0.1) is 13.2 Å². The van der Waals surface area contributed by atoms with Crippen LogP contribution in [0.1, 0.15) is 23.1 Å². The summed E-state index contributed by atoms with van der Waals surface area (Å²) in [6.45, 7) is 0.159. The van der Waals surface area contributed by atoms with Gasteiger partial charge in [-0.05, 0) is 23.3 Å². The molecule has 0 spiro atoms. The van der Waals surface area contributed by atoms with Gasteiger partial charge in [-0.3, -0.25) is 4.57 Å². The van der Waals surface area contributed by atoms with E-state index >= 15 is 0 Å². The highest BCUT2D eigenvalue weighted by molar-refractivity contribution is 7.54. The molecule has 0 bridgehead atoms. The molecule has 3 aromatic rings. The van der Waals surface area contributed by atoms with E-state index in [1.165, 1.54) is 0 Å². The molecular weight excluding hydrogens is 383 g/mol. The zero-order chi connectivity index (χ0) is 20.4. The maximum absolute atomic E-state index is 13.3. The third-order valence-corrected chi connectivity index (χ3v) is 6.05. The molecule has 1 unspecified atom stereocenters. The smallest absolute Gasteiger partial charge is 0.360 e. The van der Waals surface area contributed by atoms with Crippen LogP contribution in [0.5, 0.6) is 0 Å². The summed E-state index contributed by atoms with van der Waals surface area (Å²) in [5.41, 5.74) is 2.52. The number of aliphatic hydroxyl groups excluding tert-OH is 1. The Kier molecular flexibility index (Phi) is 7.81. The second kappa shape index (κ2) is 10.8. The molecule has 5 heteroatoms. The van der Waals surface area contributed by atoms with Gasteiger partial charge in [-0.15, -0.1) is 0 Å². The van der Waals surface area contributed by atoms with Gasteiger partial charge in [0.2, 0.25) is 0 Å². The second-order valence-corrected chi connectivity index (χ2v) is 8.60. The van der Waals surface area contributed by atoms with Crippen LogP contribution < -0.4 is 0 Å². The molecule has 0 radical (unpaired) electrons. The van der Waals surface area contributed by atoms with Crippen molar-refractivity contribution in [2.24, 2.45) is 0 Å². The molecule has 0 heterocycles. The first-order valence-electron chi connectivity index (χ1n) is 9.34. The molecular formula is C24H23O4P. The lowest BCUT2D eigenvalue weighted by Gasteiger charge is -2.22. The highest BCUT2D eigenvalue weighted by Crippen LogP contribution is 2.54. The summed E-state index contributed by atoms with van der Waals surface area (Å²) >= 11 is 0. The summed E-state index contributed by atoms with van der Waals surface area (Å²) in [5, 5.41) is 10.6. The molecule has 0 aliphatic heterocycles. The predicted molar refractivity (Wildman–Crippen MR) is 114 cm³/mol. The molecule has 0 saturated carbocycles. The van der Waals surface area contributed by atoms with Gasteiger partial charge >= 0.3 is 7.60 Å². The minimum Gasteiger partial charge on any atom is -0.380 e. The highest BCUT2D eigenvalue weighted by atomic mass is 31.2. The number of hydrogen-bond acceptors (Lipinski definition) is 4. The Morgan fingerprint density at radius 2 is 1.21 bits per heavy atom. The van der Waals surface area contributed by atoms with E-state index < -0.39 is 13.4 Å². The maximum Gasteiger partial charge on any atom is 0.360 e. The van der Waals surface area contributed by atoms with Crippen molar-refractivity contribution in [3.8, 4) is 11.8 Å². The van der Waals surface area contributed by atoms with Crippen LogP contribution in [0.4, 0.5) is 0 Å². The Bertz CT molecular complexity index is 931. The third-order valence-electron chi connectivity index (χ3n) is 4.16. The molecule has 0 amide bonds. The average Bonchev–Trinajstić information content (AvgIpc) is 2.78. The molecule has 1 N–H and O–H groups in total. The van der Waals surface area contributed by atoms with Crippen molar-refractivity contribution in [1.29, 1.82) is 0 Å². The number of hydrogen-bond donors (Lipinski definition) is 1. The van der Waals surface area contributed by atoms with Crippen molar-refractivity contribution in [3.63, 3.8) is 0 Å². The molecule has 4 nitrogen and oxygen atoms in total. The van der Waals surface area contributed by atoms with Gasteiger partial charge in [0.1, 0.15) is 0 Å². The van der Waals surface area contributed by atoms with E-state index in [4.69, 9.17) is 9.05 Å². The molecule has 0 aliphatic rings. The van der Waals surface area contributed by atoms with Gasteiger partial charge in [-0.2, -0.15) is 0 Å². The van der Waals surface area contributed by atoms with Crippen LogP contribution in [0, 0.1) is 11.8 Å². The quantitative estimate of drug-likeness (QED) is 0.403. The molecule has 0 aliphatic carbocycles. The predicted octanol–water partition coefficient (Wildman–Crippen LogP) is 5.37. The van der Waals surface area contributed by atoms with Gasteiger partial charge in [0.15, 0.2) is 5.85 Å². The van der Waals surface area contributed by atoms with Crippen LogP contribution in [0.15, 0.2) is 91.0 Å². The fourth-order valence-corrected chi connectivity index (χ4v) is 3.96. The fourth-order valence-electron chi connectivity index (χ4n) is 2.56. The van der Waals surface area contributed by atoms with E-state index in [9.17, 15) is 9.67 Å². The van der Waals surface area contributed by atoms with E-state index in [0.29, 0.717) is 0 Å². The Morgan fingerprint density at radius 1 is 0.759 bits per heavy atom. The van der Waals surface area contributed by atoms with Gasteiger partial charge in [-0.1, -0.05) is 90.7 Å². The SMILES string of the molecule is O=P(OCc1ccccc1)(OCc1ccccc1)C(O)CC#Cc1ccccc1. The van der Waals surface area contributed by atoms with Gasteiger partial charge < -0.3 is 14.2 Å². The van der Waals surface area contributed by atoms with Crippen molar-refractivity contribution in [2.75, 3.05) is 0 Å². The molecule has 148 valence electrons. The van der Waals surface area contributed by atoms with E-state index in [2.05, 4.69) is 11.8 Å². The van der Waals surface area contributed by atoms with Gasteiger partial charge in [0, 0.05) is 12.0 Å². The molecule has 0 fully saturated rings. The van der Waals surface area contributed by atoms with Crippen molar-refractivity contribution in [1.82, 2.24) is 0 Å². The first-order valence-corrected chi connectivity index (χ1v) is 11.0. The molecule has 1 atom stereocenters. The minimum absolute atomic E-state index is 0.0181. The summed E-state index contributed by atoms with van der Waals surface area (Å²) in [6.07, 6.45) is -0.0181. The fraction of sp³-hybridized carbons (Fsp3) is 0.167. The average molecular weight is 406 g/mol.